The Kier molecular flexibility index (Phi) is 2.26. The predicted molar refractivity (Wildman–Crippen MR) is 60.8 cm³/mol. The van der Waals surface area contributed by atoms with Gasteiger partial charge in [0.2, 0.25) is 0 Å². The summed E-state index contributed by atoms with van der Waals surface area (Å²) in [6, 6.07) is 3.78. The Hall–Kier alpha value is -1.04. The fourth-order valence-electron chi connectivity index (χ4n) is 2.35. The summed E-state index contributed by atoms with van der Waals surface area (Å²) in [5.74, 6) is 0.528. The number of halogens is 4. The summed E-state index contributed by atoms with van der Waals surface area (Å²) >= 11 is 3.27. The Morgan fingerprint density at radius 2 is 2.12 bits per heavy atom. The monoisotopic (exact) mass is 304 g/mol. The maximum atomic E-state index is 12.9. The van der Waals surface area contributed by atoms with Crippen LogP contribution in [0.25, 0.3) is 11.0 Å². The van der Waals surface area contributed by atoms with Gasteiger partial charge >= 0.3 is 6.18 Å². The van der Waals surface area contributed by atoms with Crippen LogP contribution in [0.1, 0.15) is 18.3 Å². The van der Waals surface area contributed by atoms with Crippen LogP contribution in [0.5, 0.6) is 0 Å². The summed E-state index contributed by atoms with van der Waals surface area (Å²) in [7, 11) is 0. The van der Waals surface area contributed by atoms with Gasteiger partial charge in [0.25, 0.3) is 0 Å². The molecule has 1 atom stereocenters. The molecule has 90 valence electrons. The van der Waals surface area contributed by atoms with Crippen LogP contribution in [0.2, 0.25) is 0 Å². The number of imidazole rings is 1. The highest BCUT2D eigenvalue weighted by atomic mass is 79.9. The second-order valence-corrected chi connectivity index (χ2v) is 5.04. The number of hydrogen-bond donors (Lipinski definition) is 0. The van der Waals surface area contributed by atoms with Crippen molar-refractivity contribution in [3.63, 3.8) is 0 Å². The molecular weight excluding hydrogens is 297 g/mol. The average molecular weight is 305 g/mol. The van der Waals surface area contributed by atoms with Crippen LogP contribution in [-0.4, -0.2) is 15.7 Å². The highest BCUT2D eigenvalue weighted by Crippen LogP contribution is 2.41. The van der Waals surface area contributed by atoms with E-state index >= 15 is 0 Å². The van der Waals surface area contributed by atoms with Crippen molar-refractivity contribution in [3.8, 4) is 0 Å². The van der Waals surface area contributed by atoms with Gasteiger partial charge in [-0.2, -0.15) is 13.2 Å². The van der Waals surface area contributed by atoms with Crippen molar-refractivity contribution >= 4 is 27.0 Å². The molecule has 1 aromatic heterocycles. The molecule has 0 amide bonds. The van der Waals surface area contributed by atoms with Crippen LogP contribution >= 0.6 is 15.9 Å². The number of alkyl halides is 3. The molecule has 0 radical (unpaired) electrons. The van der Waals surface area contributed by atoms with Gasteiger partial charge in [0.1, 0.15) is 11.9 Å². The predicted octanol–water partition coefficient (Wildman–Crippen LogP) is 3.85. The molecule has 2 heterocycles. The lowest BCUT2D eigenvalue weighted by Gasteiger charge is -2.17. The highest BCUT2D eigenvalue weighted by Gasteiger charge is 2.45. The zero-order valence-electron chi connectivity index (χ0n) is 8.63. The maximum absolute atomic E-state index is 12.9. The summed E-state index contributed by atoms with van der Waals surface area (Å²) in [5.41, 5.74) is 1.17. The number of aryl methyl sites for hydroxylation is 1. The molecule has 2 aromatic rings. The Morgan fingerprint density at radius 3 is 2.82 bits per heavy atom. The van der Waals surface area contributed by atoms with Crippen molar-refractivity contribution in [2.45, 2.75) is 25.1 Å². The van der Waals surface area contributed by atoms with E-state index in [1.807, 2.05) is 0 Å². The van der Waals surface area contributed by atoms with Crippen molar-refractivity contribution in [1.29, 1.82) is 0 Å². The minimum atomic E-state index is -4.21. The molecule has 1 aliphatic heterocycles. The Bertz CT molecular complexity index is 588. The van der Waals surface area contributed by atoms with E-state index in [4.69, 9.17) is 0 Å². The second-order valence-electron chi connectivity index (χ2n) is 4.13. The van der Waals surface area contributed by atoms with Crippen molar-refractivity contribution in [3.05, 3.63) is 28.5 Å². The van der Waals surface area contributed by atoms with Gasteiger partial charge < -0.3 is 4.57 Å². The van der Waals surface area contributed by atoms with Gasteiger partial charge in [-0.1, -0.05) is 15.9 Å². The Labute approximate surface area is 104 Å². The van der Waals surface area contributed by atoms with E-state index < -0.39 is 12.2 Å². The molecule has 3 rings (SSSR count). The van der Waals surface area contributed by atoms with Gasteiger partial charge in [0.05, 0.1) is 11.0 Å². The highest BCUT2D eigenvalue weighted by molar-refractivity contribution is 9.10. The molecule has 0 bridgehead atoms. The minimum absolute atomic E-state index is 0.0916. The van der Waals surface area contributed by atoms with Crippen LogP contribution in [-0.2, 0) is 6.42 Å². The molecule has 0 saturated heterocycles. The zero-order chi connectivity index (χ0) is 12.2. The van der Waals surface area contributed by atoms with Crippen molar-refractivity contribution in [1.82, 2.24) is 9.55 Å². The van der Waals surface area contributed by atoms with E-state index in [9.17, 15) is 13.2 Å². The van der Waals surface area contributed by atoms with Crippen molar-refractivity contribution < 1.29 is 13.2 Å². The van der Waals surface area contributed by atoms with Crippen LogP contribution in [0, 0.1) is 0 Å². The topological polar surface area (TPSA) is 17.8 Å². The molecular formula is C11H8BrF3N2. The third-order valence-electron chi connectivity index (χ3n) is 3.06. The molecule has 0 aliphatic carbocycles. The SMILES string of the molecule is FC(F)(F)C1CCc2nc3ccc(Br)cc3n21. The molecule has 0 saturated carbocycles. The lowest BCUT2D eigenvalue weighted by atomic mass is 10.2. The maximum Gasteiger partial charge on any atom is 0.409 e. The fraction of sp³-hybridized carbons (Fsp3) is 0.364. The third kappa shape index (κ3) is 1.66. The van der Waals surface area contributed by atoms with E-state index in [1.165, 1.54) is 4.57 Å². The lowest BCUT2D eigenvalue weighted by molar-refractivity contribution is -0.164. The minimum Gasteiger partial charge on any atom is -0.316 e. The number of hydrogen-bond acceptors (Lipinski definition) is 1. The number of benzene rings is 1. The van der Waals surface area contributed by atoms with Crippen LogP contribution in [0.3, 0.4) is 0 Å². The average Bonchev–Trinajstić information content (AvgIpc) is 2.74. The van der Waals surface area contributed by atoms with E-state index in [0.717, 1.165) is 4.47 Å². The fourth-order valence-corrected chi connectivity index (χ4v) is 2.69. The van der Waals surface area contributed by atoms with Gasteiger partial charge in [-0.3, -0.25) is 0 Å². The van der Waals surface area contributed by atoms with Gasteiger partial charge in [0.15, 0.2) is 0 Å². The Morgan fingerprint density at radius 1 is 1.35 bits per heavy atom. The van der Waals surface area contributed by atoms with Crippen LogP contribution in [0.4, 0.5) is 13.2 Å². The quantitative estimate of drug-likeness (QED) is 0.723. The zero-order valence-corrected chi connectivity index (χ0v) is 10.2. The molecule has 0 fully saturated rings. The largest absolute Gasteiger partial charge is 0.409 e. The number of nitrogens with zero attached hydrogens (tertiary/aromatic N) is 2. The number of fused-ring (bicyclic) bond motifs is 3. The first kappa shape index (κ1) is 11.1. The first-order valence-corrected chi connectivity index (χ1v) is 5.99. The van der Waals surface area contributed by atoms with Gasteiger partial charge in [-0.25, -0.2) is 4.98 Å². The molecule has 6 heteroatoms. The van der Waals surface area contributed by atoms with E-state index in [0.29, 0.717) is 23.3 Å². The van der Waals surface area contributed by atoms with Gasteiger partial charge in [-0.05, 0) is 24.6 Å². The van der Waals surface area contributed by atoms with E-state index in [-0.39, 0.29) is 6.42 Å². The molecule has 0 N–H and O–H groups in total. The first-order chi connectivity index (χ1) is 7.97. The molecule has 1 aliphatic rings. The molecule has 2 nitrogen and oxygen atoms in total. The standard InChI is InChI=1S/C11H8BrF3N2/c12-6-1-2-7-8(5-6)17-9(11(13,14)15)3-4-10(17)16-7/h1-2,5,9H,3-4H2. The molecule has 17 heavy (non-hydrogen) atoms. The summed E-state index contributed by atoms with van der Waals surface area (Å²) < 4.78 is 40.7. The van der Waals surface area contributed by atoms with Crippen molar-refractivity contribution in [2.75, 3.05) is 0 Å². The van der Waals surface area contributed by atoms with Crippen LogP contribution < -0.4 is 0 Å². The summed E-state index contributed by atoms with van der Waals surface area (Å²) in [4.78, 5) is 4.24. The van der Waals surface area contributed by atoms with Gasteiger partial charge in [0, 0.05) is 10.9 Å². The molecule has 1 unspecified atom stereocenters. The molecule has 1 aromatic carbocycles. The van der Waals surface area contributed by atoms with Gasteiger partial charge in [-0.15, -0.1) is 0 Å². The third-order valence-corrected chi connectivity index (χ3v) is 3.55. The smallest absolute Gasteiger partial charge is 0.316 e. The second kappa shape index (κ2) is 3.48. The van der Waals surface area contributed by atoms with Crippen LogP contribution in [0.15, 0.2) is 22.7 Å². The summed E-state index contributed by atoms with van der Waals surface area (Å²) in [5, 5.41) is 0. The summed E-state index contributed by atoms with van der Waals surface area (Å²) in [6.07, 6.45) is -3.73. The Balaban J connectivity index is 2.25. The normalized spacial score (nSPS) is 19.9. The first-order valence-electron chi connectivity index (χ1n) is 5.20. The van der Waals surface area contributed by atoms with E-state index in [2.05, 4.69) is 20.9 Å². The van der Waals surface area contributed by atoms with E-state index in [1.54, 1.807) is 18.2 Å². The van der Waals surface area contributed by atoms with Crippen molar-refractivity contribution in [2.24, 2.45) is 0 Å². The lowest BCUT2D eigenvalue weighted by Crippen LogP contribution is -2.23. The number of rotatable bonds is 0. The summed E-state index contributed by atoms with van der Waals surface area (Å²) in [6.45, 7) is 0. The molecule has 0 spiro atoms. The number of aromatic nitrogens is 2.